The highest BCUT2D eigenvalue weighted by Gasteiger charge is 2.31. The molecule has 0 bridgehead atoms. The number of carbonyl (C=O) groups excluding carboxylic acids is 1. The third-order valence-electron chi connectivity index (χ3n) is 4.35. The number of carbonyl (C=O) groups is 1. The Balaban J connectivity index is 1.79. The van der Waals surface area contributed by atoms with Crippen molar-refractivity contribution in [3.63, 3.8) is 0 Å². The molecule has 2 N–H and O–H groups in total. The molecule has 1 fully saturated rings. The third kappa shape index (κ3) is 6.64. The zero-order chi connectivity index (χ0) is 19.1. The number of ether oxygens (including phenoxy) is 1. The standard InChI is InChI=1S/C17H32N6O3/c1-21(2)9-13-10-23(20-19-13)8-7-14-5-6-15(16(12-24)26-14)18-17(25)11-22(3)4/h10,14-16,24H,5-9,11-12H2,1-4H3,(H,18,25)/t14-,15-,16-/m1/s1. The molecule has 0 spiro atoms. The minimum absolute atomic E-state index is 0.0449. The molecular formula is C17H32N6O3. The number of aliphatic hydroxyl groups is 1. The Hall–Kier alpha value is -1.55. The summed E-state index contributed by atoms with van der Waals surface area (Å²) in [5.74, 6) is -0.0449. The van der Waals surface area contributed by atoms with E-state index >= 15 is 0 Å². The Bertz CT molecular complexity index is 562. The number of hydrogen-bond acceptors (Lipinski definition) is 7. The van der Waals surface area contributed by atoms with Crippen LogP contribution in [0.1, 0.15) is 25.0 Å². The predicted octanol–water partition coefficient (Wildman–Crippen LogP) is -0.684. The van der Waals surface area contributed by atoms with Crippen molar-refractivity contribution in [2.24, 2.45) is 0 Å². The Morgan fingerprint density at radius 2 is 2.12 bits per heavy atom. The van der Waals surface area contributed by atoms with Crippen molar-refractivity contribution < 1.29 is 14.6 Å². The SMILES string of the molecule is CN(C)CC(=O)N[C@@H]1CC[C@H](CCn2cc(CN(C)C)nn2)O[C@@H]1CO. The van der Waals surface area contributed by atoms with E-state index in [4.69, 9.17) is 4.74 Å². The van der Waals surface area contributed by atoms with Gasteiger partial charge in [-0.1, -0.05) is 5.21 Å². The zero-order valence-corrected chi connectivity index (χ0v) is 16.3. The van der Waals surface area contributed by atoms with Gasteiger partial charge in [-0.05, 0) is 47.5 Å². The highest BCUT2D eigenvalue weighted by atomic mass is 16.5. The Kier molecular flexibility index (Phi) is 7.95. The number of likely N-dealkylation sites (N-methyl/N-ethyl adjacent to an activating group) is 1. The summed E-state index contributed by atoms with van der Waals surface area (Å²) >= 11 is 0. The molecule has 0 saturated carbocycles. The summed E-state index contributed by atoms with van der Waals surface area (Å²) in [5, 5.41) is 20.9. The summed E-state index contributed by atoms with van der Waals surface area (Å²) in [5.41, 5.74) is 0.941. The summed E-state index contributed by atoms with van der Waals surface area (Å²) in [6.07, 6.45) is 4.10. The third-order valence-corrected chi connectivity index (χ3v) is 4.35. The molecule has 0 aromatic carbocycles. The molecule has 0 unspecified atom stereocenters. The molecule has 1 aromatic rings. The van der Waals surface area contributed by atoms with Gasteiger partial charge in [-0.2, -0.15) is 0 Å². The second-order valence-corrected chi connectivity index (χ2v) is 7.47. The molecule has 2 rings (SSSR count). The number of aliphatic hydroxyl groups excluding tert-OH is 1. The second-order valence-electron chi connectivity index (χ2n) is 7.47. The molecule has 0 radical (unpaired) electrons. The second kappa shape index (κ2) is 9.96. The van der Waals surface area contributed by atoms with E-state index in [0.29, 0.717) is 6.54 Å². The molecule has 9 heteroatoms. The van der Waals surface area contributed by atoms with Gasteiger partial charge in [-0.15, -0.1) is 5.10 Å². The van der Waals surface area contributed by atoms with Gasteiger partial charge in [0.2, 0.25) is 5.91 Å². The fourth-order valence-electron chi connectivity index (χ4n) is 3.17. The van der Waals surface area contributed by atoms with E-state index in [0.717, 1.165) is 38.0 Å². The van der Waals surface area contributed by atoms with E-state index in [9.17, 15) is 9.90 Å². The van der Waals surface area contributed by atoms with Crippen molar-refractivity contribution in [1.82, 2.24) is 30.1 Å². The lowest BCUT2D eigenvalue weighted by Gasteiger charge is -2.36. The summed E-state index contributed by atoms with van der Waals surface area (Å²) in [6, 6.07) is -0.137. The van der Waals surface area contributed by atoms with Crippen molar-refractivity contribution >= 4 is 5.91 Å². The highest BCUT2D eigenvalue weighted by molar-refractivity contribution is 5.78. The van der Waals surface area contributed by atoms with Gasteiger partial charge in [-0.3, -0.25) is 9.48 Å². The molecule has 1 saturated heterocycles. The summed E-state index contributed by atoms with van der Waals surface area (Å²) in [6.45, 7) is 1.72. The molecule has 2 heterocycles. The van der Waals surface area contributed by atoms with Crippen molar-refractivity contribution in [3.05, 3.63) is 11.9 Å². The van der Waals surface area contributed by atoms with E-state index in [1.54, 1.807) is 0 Å². The number of rotatable bonds is 9. The molecule has 1 aliphatic heterocycles. The van der Waals surface area contributed by atoms with Crippen LogP contribution in [0.5, 0.6) is 0 Å². The van der Waals surface area contributed by atoms with Gasteiger partial charge in [0.25, 0.3) is 0 Å². The van der Waals surface area contributed by atoms with Crippen LogP contribution in [0.25, 0.3) is 0 Å². The van der Waals surface area contributed by atoms with Crippen molar-refractivity contribution in [1.29, 1.82) is 0 Å². The quantitative estimate of drug-likeness (QED) is 0.596. The predicted molar refractivity (Wildman–Crippen MR) is 97.5 cm³/mol. The molecule has 3 atom stereocenters. The van der Waals surface area contributed by atoms with Crippen LogP contribution in [0.4, 0.5) is 0 Å². The molecule has 1 amide bonds. The van der Waals surface area contributed by atoms with Crippen LogP contribution in [-0.4, -0.2) is 95.4 Å². The van der Waals surface area contributed by atoms with Gasteiger partial charge >= 0.3 is 0 Å². The van der Waals surface area contributed by atoms with Crippen LogP contribution in [0, 0.1) is 0 Å². The van der Waals surface area contributed by atoms with E-state index in [-0.39, 0.29) is 30.8 Å². The minimum atomic E-state index is -0.361. The minimum Gasteiger partial charge on any atom is -0.394 e. The first kappa shape index (κ1) is 20.8. The molecule has 9 nitrogen and oxygen atoms in total. The van der Waals surface area contributed by atoms with Gasteiger partial charge < -0.3 is 25.0 Å². The summed E-state index contributed by atoms with van der Waals surface area (Å²) in [7, 11) is 7.70. The van der Waals surface area contributed by atoms with Crippen LogP contribution >= 0.6 is 0 Å². The van der Waals surface area contributed by atoms with Crippen LogP contribution in [0.15, 0.2) is 6.20 Å². The van der Waals surface area contributed by atoms with E-state index in [1.165, 1.54) is 0 Å². The highest BCUT2D eigenvalue weighted by Crippen LogP contribution is 2.22. The van der Waals surface area contributed by atoms with Gasteiger partial charge in [0.1, 0.15) is 6.10 Å². The van der Waals surface area contributed by atoms with Crippen LogP contribution in [0.3, 0.4) is 0 Å². The first-order valence-electron chi connectivity index (χ1n) is 9.11. The normalized spacial score (nSPS) is 23.6. The number of nitrogens with zero attached hydrogens (tertiary/aromatic N) is 5. The van der Waals surface area contributed by atoms with Crippen molar-refractivity contribution in [2.75, 3.05) is 41.3 Å². The first-order chi connectivity index (χ1) is 12.4. The maximum Gasteiger partial charge on any atom is 0.234 e. The smallest absolute Gasteiger partial charge is 0.234 e. The largest absolute Gasteiger partial charge is 0.394 e. The van der Waals surface area contributed by atoms with Gasteiger partial charge in [-0.25, -0.2) is 0 Å². The van der Waals surface area contributed by atoms with E-state index in [1.807, 2.05) is 44.0 Å². The van der Waals surface area contributed by atoms with Gasteiger partial charge in [0.15, 0.2) is 0 Å². The van der Waals surface area contributed by atoms with Gasteiger partial charge in [0.05, 0.1) is 31.0 Å². The van der Waals surface area contributed by atoms with E-state index in [2.05, 4.69) is 20.5 Å². The average molecular weight is 368 g/mol. The Morgan fingerprint density at radius 3 is 2.77 bits per heavy atom. The lowest BCUT2D eigenvalue weighted by atomic mass is 9.97. The average Bonchev–Trinajstić information content (AvgIpc) is 2.99. The topological polar surface area (TPSA) is 95.8 Å². The van der Waals surface area contributed by atoms with Gasteiger partial charge in [0, 0.05) is 19.3 Å². The fraction of sp³-hybridized carbons (Fsp3) is 0.824. The molecule has 1 aromatic heterocycles. The van der Waals surface area contributed by atoms with Crippen LogP contribution in [-0.2, 0) is 22.6 Å². The van der Waals surface area contributed by atoms with Crippen LogP contribution in [0.2, 0.25) is 0 Å². The maximum atomic E-state index is 11.9. The molecule has 0 aliphatic carbocycles. The van der Waals surface area contributed by atoms with Crippen molar-refractivity contribution in [2.45, 2.75) is 50.6 Å². The zero-order valence-electron chi connectivity index (χ0n) is 16.3. The lowest BCUT2D eigenvalue weighted by Crippen LogP contribution is -2.52. The summed E-state index contributed by atoms with van der Waals surface area (Å²) in [4.78, 5) is 15.8. The van der Waals surface area contributed by atoms with Crippen LogP contribution < -0.4 is 5.32 Å². The molecule has 26 heavy (non-hydrogen) atoms. The Labute approximate surface area is 155 Å². The fourth-order valence-corrected chi connectivity index (χ4v) is 3.17. The summed E-state index contributed by atoms with van der Waals surface area (Å²) < 4.78 is 7.83. The number of hydrogen-bond donors (Lipinski definition) is 2. The van der Waals surface area contributed by atoms with Crippen molar-refractivity contribution in [3.8, 4) is 0 Å². The molecule has 148 valence electrons. The molecular weight excluding hydrogens is 336 g/mol. The monoisotopic (exact) mass is 368 g/mol. The number of aromatic nitrogens is 3. The first-order valence-corrected chi connectivity index (χ1v) is 9.11. The Morgan fingerprint density at radius 1 is 1.35 bits per heavy atom. The number of amides is 1. The number of nitrogens with one attached hydrogen (secondary N) is 1. The maximum absolute atomic E-state index is 11.9. The lowest BCUT2D eigenvalue weighted by molar-refractivity contribution is -0.129. The van der Waals surface area contributed by atoms with E-state index < -0.39 is 0 Å². The molecule has 1 aliphatic rings. The number of aryl methyl sites for hydroxylation is 1.